The van der Waals surface area contributed by atoms with Crippen molar-refractivity contribution in [3.63, 3.8) is 0 Å². The minimum Gasteiger partial charge on any atom is -0.399 e. The first-order valence-electron chi connectivity index (χ1n) is 6.66. The number of H-pyrrole nitrogens is 1. The summed E-state index contributed by atoms with van der Waals surface area (Å²) in [5.41, 5.74) is 7.16. The minimum atomic E-state index is -0.187. The third-order valence-corrected chi connectivity index (χ3v) is 3.98. The van der Waals surface area contributed by atoms with Crippen LogP contribution in [-0.4, -0.2) is 19.7 Å². The highest BCUT2D eigenvalue weighted by Crippen LogP contribution is 2.26. The van der Waals surface area contributed by atoms with Crippen molar-refractivity contribution < 1.29 is 0 Å². The number of benzene rings is 1. The van der Waals surface area contributed by atoms with E-state index in [0.717, 1.165) is 22.3 Å². The number of hydrogen-bond acceptors (Lipinski definition) is 5. The molecule has 0 aliphatic rings. The second kappa shape index (κ2) is 5.61. The number of fused-ring (bicyclic) bond motifs is 1. The Morgan fingerprint density at radius 1 is 1.33 bits per heavy atom. The molecule has 0 spiro atoms. The van der Waals surface area contributed by atoms with Crippen LogP contribution in [-0.2, 0) is 6.54 Å². The molecule has 108 valence electrons. The monoisotopic (exact) mass is 301 g/mol. The fraction of sp³-hybridized carbons (Fsp3) is 0.214. The van der Waals surface area contributed by atoms with Crippen LogP contribution in [0, 0.1) is 0 Å². The van der Waals surface area contributed by atoms with Gasteiger partial charge in [0.25, 0.3) is 0 Å². The lowest BCUT2D eigenvalue weighted by atomic mass is 10.2. The van der Waals surface area contributed by atoms with Crippen LogP contribution in [0.4, 0.5) is 5.69 Å². The molecular weight excluding hydrogens is 286 g/mol. The summed E-state index contributed by atoms with van der Waals surface area (Å²) in [6, 6.07) is 9.47. The van der Waals surface area contributed by atoms with Gasteiger partial charge >= 0.3 is 5.69 Å². The number of rotatable bonds is 4. The van der Waals surface area contributed by atoms with Crippen LogP contribution >= 0.6 is 11.8 Å². The van der Waals surface area contributed by atoms with E-state index >= 15 is 0 Å². The largest absolute Gasteiger partial charge is 0.399 e. The van der Waals surface area contributed by atoms with Gasteiger partial charge in [0.05, 0.1) is 5.52 Å². The molecule has 2 heterocycles. The van der Waals surface area contributed by atoms with Gasteiger partial charge in [0.15, 0.2) is 5.16 Å². The number of anilines is 1. The maximum absolute atomic E-state index is 11.7. The predicted octanol–water partition coefficient (Wildman–Crippen LogP) is 2.26. The van der Waals surface area contributed by atoms with Crippen LogP contribution in [0.1, 0.15) is 13.3 Å². The lowest BCUT2D eigenvalue weighted by Crippen LogP contribution is -2.17. The molecule has 2 aromatic heterocycles. The Hall–Kier alpha value is -2.28. The Morgan fingerprint density at radius 3 is 3.00 bits per heavy atom. The van der Waals surface area contributed by atoms with Gasteiger partial charge < -0.3 is 5.73 Å². The summed E-state index contributed by atoms with van der Waals surface area (Å²) >= 11 is 1.37. The molecule has 0 aliphatic heterocycles. The Morgan fingerprint density at radius 2 is 2.19 bits per heavy atom. The first-order chi connectivity index (χ1) is 10.2. The number of hydrogen-bond donors (Lipinski definition) is 2. The second-order valence-corrected chi connectivity index (χ2v) is 5.65. The van der Waals surface area contributed by atoms with Crippen LogP contribution < -0.4 is 11.4 Å². The van der Waals surface area contributed by atoms with E-state index in [9.17, 15) is 4.79 Å². The summed E-state index contributed by atoms with van der Waals surface area (Å²) in [4.78, 5) is 16.2. The summed E-state index contributed by atoms with van der Waals surface area (Å²) in [6.07, 6.45) is 0.872. The molecule has 21 heavy (non-hydrogen) atoms. The first kappa shape index (κ1) is 13.7. The molecule has 0 saturated heterocycles. The number of nitrogens with zero attached hydrogens (tertiary/aromatic N) is 3. The Balaban J connectivity index is 1.95. The lowest BCUT2D eigenvalue weighted by Gasteiger charge is -2.04. The summed E-state index contributed by atoms with van der Waals surface area (Å²) in [6.45, 7) is 2.66. The molecule has 0 saturated carbocycles. The zero-order valence-electron chi connectivity index (χ0n) is 11.5. The van der Waals surface area contributed by atoms with Crippen LogP contribution in [0.25, 0.3) is 10.9 Å². The van der Waals surface area contributed by atoms with Crippen molar-refractivity contribution in [1.29, 1.82) is 0 Å². The van der Waals surface area contributed by atoms with Crippen molar-refractivity contribution in [2.24, 2.45) is 0 Å². The zero-order chi connectivity index (χ0) is 14.8. The SMILES string of the molecule is CCCn1c(Sc2ccc3cc(N)ccc3n2)n[nH]c1=O. The maximum atomic E-state index is 11.7. The standard InChI is InChI=1S/C14H15N5OS/c1-2-7-19-13(20)17-18-14(19)21-12-6-3-9-8-10(15)4-5-11(9)16-12/h3-6,8H,2,7,15H2,1H3,(H,17,20). The number of nitrogens with one attached hydrogen (secondary N) is 1. The zero-order valence-corrected chi connectivity index (χ0v) is 12.4. The summed E-state index contributed by atoms with van der Waals surface area (Å²) in [5.74, 6) is 0. The highest BCUT2D eigenvalue weighted by Gasteiger charge is 2.10. The normalized spacial score (nSPS) is 11.1. The van der Waals surface area contributed by atoms with Crippen LogP contribution in [0.2, 0.25) is 0 Å². The van der Waals surface area contributed by atoms with E-state index in [1.54, 1.807) is 4.57 Å². The van der Waals surface area contributed by atoms with Crippen LogP contribution in [0.15, 0.2) is 45.3 Å². The van der Waals surface area contributed by atoms with E-state index in [1.165, 1.54) is 11.8 Å². The molecule has 0 bridgehead atoms. The molecule has 3 N–H and O–H groups in total. The van der Waals surface area contributed by atoms with E-state index in [-0.39, 0.29) is 5.69 Å². The Labute approximate surface area is 125 Å². The molecule has 0 unspecified atom stereocenters. The van der Waals surface area contributed by atoms with E-state index in [0.29, 0.717) is 17.4 Å². The molecule has 0 radical (unpaired) electrons. The maximum Gasteiger partial charge on any atom is 0.343 e. The van der Waals surface area contributed by atoms with Gasteiger partial charge in [-0.15, -0.1) is 5.10 Å². The van der Waals surface area contributed by atoms with Gasteiger partial charge in [-0.25, -0.2) is 14.9 Å². The van der Waals surface area contributed by atoms with E-state index in [4.69, 9.17) is 5.73 Å². The minimum absolute atomic E-state index is 0.187. The van der Waals surface area contributed by atoms with Gasteiger partial charge in [-0.1, -0.05) is 13.0 Å². The number of aromatic nitrogens is 4. The molecule has 1 aromatic carbocycles. The highest BCUT2D eigenvalue weighted by molar-refractivity contribution is 7.99. The smallest absolute Gasteiger partial charge is 0.343 e. The molecule has 3 aromatic rings. The lowest BCUT2D eigenvalue weighted by molar-refractivity contribution is 0.603. The van der Waals surface area contributed by atoms with Crippen molar-refractivity contribution in [2.75, 3.05) is 5.73 Å². The third-order valence-electron chi connectivity index (χ3n) is 3.05. The highest BCUT2D eigenvalue weighted by atomic mass is 32.2. The van der Waals surface area contributed by atoms with Gasteiger partial charge in [-0.2, -0.15) is 0 Å². The fourth-order valence-electron chi connectivity index (χ4n) is 2.08. The van der Waals surface area contributed by atoms with Crippen molar-refractivity contribution in [3.8, 4) is 0 Å². The summed E-state index contributed by atoms with van der Waals surface area (Å²) < 4.78 is 1.62. The Bertz CT molecular complexity index is 839. The van der Waals surface area contributed by atoms with Crippen LogP contribution in [0.3, 0.4) is 0 Å². The molecular formula is C14H15N5OS. The summed E-state index contributed by atoms with van der Waals surface area (Å²) in [7, 11) is 0. The van der Waals surface area contributed by atoms with Crippen molar-refractivity contribution in [3.05, 3.63) is 40.8 Å². The van der Waals surface area contributed by atoms with E-state index < -0.39 is 0 Å². The van der Waals surface area contributed by atoms with Gasteiger partial charge in [0, 0.05) is 17.6 Å². The third kappa shape index (κ3) is 2.78. The predicted molar refractivity (Wildman–Crippen MR) is 83.4 cm³/mol. The van der Waals surface area contributed by atoms with Gasteiger partial charge in [0.2, 0.25) is 0 Å². The number of aromatic amines is 1. The van der Waals surface area contributed by atoms with E-state index in [2.05, 4.69) is 15.2 Å². The number of pyridine rings is 1. The molecule has 0 amide bonds. The molecule has 7 heteroatoms. The van der Waals surface area contributed by atoms with Crippen molar-refractivity contribution in [2.45, 2.75) is 30.1 Å². The van der Waals surface area contributed by atoms with Gasteiger partial charge in [-0.3, -0.25) is 4.57 Å². The fourth-order valence-corrected chi connectivity index (χ4v) is 2.92. The molecule has 3 rings (SSSR count). The number of nitrogens with two attached hydrogens (primary N) is 1. The topological polar surface area (TPSA) is 89.6 Å². The average Bonchev–Trinajstić information content (AvgIpc) is 2.81. The molecule has 6 nitrogen and oxygen atoms in total. The average molecular weight is 301 g/mol. The summed E-state index contributed by atoms with van der Waals surface area (Å²) in [5, 5.41) is 8.95. The van der Waals surface area contributed by atoms with Gasteiger partial charge in [0.1, 0.15) is 5.03 Å². The first-order valence-corrected chi connectivity index (χ1v) is 7.48. The van der Waals surface area contributed by atoms with Gasteiger partial charge in [-0.05, 0) is 42.4 Å². The Kier molecular flexibility index (Phi) is 3.66. The second-order valence-electron chi connectivity index (χ2n) is 4.67. The number of nitrogen functional groups attached to an aromatic ring is 1. The molecule has 0 atom stereocenters. The quantitative estimate of drug-likeness (QED) is 0.721. The molecule has 0 fully saturated rings. The molecule has 0 aliphatic carbocycles. The van der Waals surface area contributed by atoms with Crippen molar-refractivity contribution in [1.82, 2.24) is 19.7 Å². The van der Waals surface area contributed by atoms with Crippen molar-refractivity contribution >= 4 is 28.4 Å². The van der Waals surface area contributed by atoms with E-state index in [1.807, 2.05) is 37.3 Å². The van der Waals surface area contributed by atoms with Crippen LogP contribution in [0.5, 0.6) is 0 Å².